The number of nitrogens with one attached hydrogen (secondary N) is 2. The Kier molecular flexibility index (Phi) is 7.33. The number of rotatable bonds is 6. The second kappa shape index (κ2) is 9.50. The Morgan fingerprint density at radius 1 is 1.39 bits per heavy atom. The molecule has 4 nitrogen and oxygen atoms in total. The van der Waals surface area contributed by atoms with Crippen LogP contribution in [0, 0.1) is 11.7 Å². The minimum Gasteiger partial charge on any atom is -0.356 e. The van der Waals surface area contributed by atoms with Crippen molar-refractivity contribution in [1.82, 2.24) is 15.5 Å². The topological polar surface area (TPSA) is 39.7 Å². The van der Waals surface area contributed by atoms with Gasteiger partial charge in [0, 0.05) is 26.7 Å². The number of likely N-dealkylation sites (tertiary alicyclic amines) is 1. The fourth-order valence-electron chi connectivity index (χ4n) is 3.05. The summed E-state index contributed by atoms with van der Waals surface area (Å²) in [6.07, 6.45) is 3.80. The SMILES string of the molecule is CN=C(NCCCN1CCCC(C)C1)NCc1cccc(F)c1. The zero-order valence-electron chi connectivity index (χ0n) is 14.3. The molecular formula is C18H29FN4. The maximum atomic E-state index is 13.1. The first-order chi connectivity index (χ1) is 11.2. The molecule has 1 aromatic carbocycles. The smallest absolute Gasteiger partial charge is 0.191 e. The van der Waals surface area contributed by atoms with Crippen molar-refractivity contribution >= 4 is 5.96 Å². The number of halogens is 1. The third kappa shape index (κ3) is 6.57. The molecule has 1 aromatic rings. The lowest BCUT2D eigenvalue weighted by atomic mass is 10.0. The molecule has 1 fully saturated rings. The molecular weight excluding hydrogens is 291 g/mol. The molecule has 1 atom stereocenters. The van der Waals surface area contributed by atoms with Crippen molar-refractivity contribution in [3.63, 3.8) is 0 Å². The van der Waals surface area contributed by atoms with Gasteiger partial charge in [-0.3, -0.25) is 4.99 Å². The maximum absolute atomic E-state index is 13.1. The van der Waals surface area contributed by atoms with E-state index in [0.717, 1.165) is 37.0 Å². The molecule has 0 saturated carbocycles. The molecule has 0 radical (unpaired) electrons. The second-order valence-electron chi connectivity index (χ2n) is 6.38. The predicted molar refractivity (Wildman–Crippen MR) is 94.1 cm³/mol. The number of guanidine groups is 1. The quantitative estimate of drug-likeness (QED) is 0.481. The molecule has 0 spiro atoms. The van der Waals surface area contributed by atoms with E-state index in [1.165, 1.54) is 38.1 Å². The van der Waals surface area contributed by atoms with E-state index in [-0.39, 0.29) is 5.82 Å². The van der Waals surface area contributed by atoms with Gasteiger partial charge in [-0.2, -0.15) is 0 Å². The van der Waals surface area contributed by atoms with Crippen molar-refractivity contribution in [3.8, 4) is 0 Å². The lowest BCUT2D eigenvalue weighted by molar-refractivity contribution is 0.182. The van der Waals surface area contributed by atoms with Crippen molar-refractivity contribution in [2.75, 3.05) is 33.2 Å². The van der Waals surface area contributed by atoms with Gasteiger partial charge in [-0.25, -0.2) is 4.39 Å². The van der Waals surface area contributed by atoms with Crippen LogP contribution in [0.3, 0.4) is 0 Å². The number of nitrogens with zero attached hydrogens (tertiary/aromatic N) is 2. The van der Waals surface area contributed by atoms with E-state index in [4.69, 9.17) is 0 Å². The van der Waals surface area contributed by atoms with Crippen LogP contribution >= 0.6 is 0 Å². The van der Waals surface area contributed by atoms with Gasteiger partial charge >= 0.3 is 0 Å². The zero-order chi connectivity index (χ0) is 16.5. The van der Waals surface area contributed by atoms with Crippen molar-refractivity contribution in [1.29, 1.82) is 0 Å². The fraction of sp³-hybridized carbons (Fsp3) is 0.611. The number of benzene rings is 1. The summed E-state index contributed by atoms with van der Waals surface area (Å²) in [6, 6.07) is 6.62. The summed E-state index contributed by atoms with van der Waals surface area (Å²) >= 11 is 0. The summed E-state index contributed by atoms with van der Waals surface area (Å²) in [6.45, 7) is 7.40. The number of aliphatic imine (C=N–C) groups is 1. The van der Waals surface area contributed by atoms with E-state index in [0.29, 0.717) is 6.54 Å². The molecule has 0 aliphatic carbocycles. The lowest BCUT2D eigenvalue weighted by Gasteiger charge is -2.30. The van der Waals surface area contributed by atoms with E-state index < -0.39 is 0 Å². The first-order valence-electron chi connectivity index (χ1n) is 8.58. The molecule has 23 heavy (non-hydrogen) atoms. The Bertz CT molecular complexity index is 504. The van der Waals surface area contributed by atoms with Crippen LogP contribution in [0.4, 0.5) is 4.39 Å². The molecule has 1 saturated heterocycles. The first kappa shape index (κ1) is 17.7. The van der Waals surface area contributed by atoms with Crippen molar-refractivity contribution in [2.45, 2.75) is 32.7 Å². The lowest BCUT2D eigenvalue weighted by Crippen LogP contribution is -2.39. The molecule has 2 rings (SSSR count). The summed E-state index contributed by atoms with van der Waals surface area (Å²) < 4.78 is 13.1. The van der Waals surface area contributed by atoms with E-state index in [1.807, 2.05) is 6.07 Å². The molecule has 5 heteroatoms. The Balaban J connectivity index is 1.63. The van der Waals surface area contributed by atoms with Gasteiger partial charge in [0.2, 0.25) is 0 Å². The molecule has 0 amide bonds. The molecule has 1 aliphatic rings. The molecule has 128 valence electrons. The molecule has 0 bridgehead atoms. The third-order valence-electron chi connectivity index (χ3n) is 4.26. The van der Waals surface area contributed by atoms with Crippen LogP contribution in [-0.2, 0) is 6.54 Å². The van der Waals surface area contributed by atoms with E-state index in [9.17, 15) is 4.39 Å². The maximum Gasteiger partial charge on any atom is 0.191 e. The van der Waals surface area contributed by atoms with Crippen molar-refractivity contribution in [3.05, 3.63) is 35.6 Å². The van der Waals surface area contributed by atoms with Gasteiger partial charge in [0.05, 0.1) is 0 Å². The van der Waals surface area contributed by atoms with Crippen molar-refractivity contribution in [2.24, 2.45) is 10.9 Å². The monoisotopic (exact) mass is 320 g/mol. The highest BCUT2D eigenvalue weighted by Crippen LogP contribution is 2.15. The van der Waals surface area contributed by atoms with Crippen LogP contribution in [0.5, 0.6) is 0 Å². The fourth-order valence-corrected chi connectivity index (χ4v) is 3.05. The van der Waals surface area contributed by atoms with E-state index in [1.54, 1.807) is 13.1 Å². The van der Waals surface area contributed by atoms with Gasteiger partial charge in [0.15, 0.2) is 5.96 Å². The molecule has 1 heterocycles. The van der Waals surface area contributed by atoms with Crippen LogP contribution in [0.2, 0.25) is 0 Å². The number of piperidine rings is 1. The molecule has 1 aliphatic heterocycles. The number of hydrogen-bond donors (Lipinski definition) is 2. The highest BCUT2D eigenvalue weighted by molar-refractivity contribution is 5.79. The van der Waals surface area contributed by atoms with Crippen LogP contribution in [0.15, 0.2) is 29.3 Å². The van der Waals surface area contributed by atoms with Gasteiger partial charge in [0.25, 0.3) is 0 Å². The second-order valence-corrected chi connectivity index (χ2v) is 6.38. The molecule has 2 N–H and O–H groups in total. The largest absolute Gasteiger partial charge is 0.356 e. The normalized spacial score (nSPS) is 19.6. The van der Waals surface area contributed by atoms with Crippen LogP contribution < -0.4 is 10.6 Å². The highest BCUT2D eigenvalue weighted by atomic mass is 19.1. The van der Waals surface area contributed by atoms with E-state index in [2.05, 4.69) is 27.4 Å². The van der Waals surface area contributed by atoms with Crippen LogP contribution in [0.25, 0.3) is 0 Å². The Labute approximate surface area is 139 Å². The van der Waals surface area contributed by atoms with Gasteiger partial charge < -0.3 is 15.5 Å². The standard InChI is InChI=1S/C18H29FN4/c1-15-6-4-10-23(14-15)11-5-9-21-18(20-2)22-13-16-7-3-8-17(19)12-16/h3,7-8,12,15H,4-6,9-11,13-14H2,1-2H3,(H2,20,21,22). The Hall–Kier alpha value is -1.62. The summed E-state index contributed by atoms with van der Waals surface area (Å²) in [4.78, 5) is 6.76. The van der Waals surface area contributed by atoms with Crippen molar-refractivity contribution < 1.29 is 4.39 Å². The zero-order valence-corrected chi connectivity index (χ0v) is 14.3. The summed E-state index contributed by atoms with van der Waals surface area (Å²) in [5, 5.41) is 6.54. The predicted octanol–water partition coefficient (Wildman–Crippen LogP) is 2.61. The van der Waals surface area contributed by atoms with Gasteiger partial charge in [-0.15, -0.1) is 0 Å². The van der Waals surface area contributed by atoms with Gasteiger partial charge in [0.1, 0.15) is 5.82 Å². The van der Waals surface area contributed by atoms with Gasteiger partial charge in [-0.05, 0) is 56.0 Å². The summed E-state index contributed by atoms with van der Waals surface area (Å²) in [7, 11) is 1.76. The summed E-state index contributed by atoms with van der Waals surface area (Å²) in [5.74, 6) is 1.39. The van der Waals surface area contributed by atoms with Crippen LogP contribution in [0.1, 0.15) is 31.7 Å². The van der Waals surface area contributed by atoms with Gasteiger partial charge in [-0.1, -0.05) is 19.1 Å². The third-order valence-corrected chi connectivity index (χ3v) is 4.26. The number of hydrogen-bond acceptors (Lipinski definition) is 2. The molecule has 0 aromatic heterocycles. The van der Waals surface area contributed by atoms with E-state index >= 15 is 0 Å². The van der Waals surface area contributed by atoms with Crippen LogP contribution in [-0.4, -0.2) is 44.1 Å². The highest BCUT2D eigenvalue weighted by Gasteiger charge is 2.15. The minimum atomic E-state index is -0.206. The Morgan fingerprint density at radius 3 is 3.00 bits per heavy atom. The minimum absolute atomic E-state index is 0.206. The average Bonchev–Trinajstić information content (AvgIpc) is 2.54. The summed E-state index contributed by atoms with van der Waals surface area (Å²) in [5.41, 5.74) is 0.912. The average molecular weight is 320 g/mol. The Morgan fingerprint density at radius 2 is 2.26 bits per heavy atom. The molecule has 1 unspecified atom stereocenters. The first-order valence-corrected chi connectivity index (χ1v) is 8.58.